The molecule has 0 bridgehead atoms. The third-order valence-corrected chi connectivity index (χ3v) is 4.00. The molecule has 1 N–H and O–H groups in total. The highest BCUT2D eigenvalue weighted by Crippen LogP contribution is 2.26. The molecule has 21 heavy (non-hydrogen) atoms. The fraction of sp³-hybridized carbons (Fsp3) is 0.706. The molecule has 0 aromatic carbocycles. The lowest BCUT2D eigenvalue weighted by Gasteiger charge is -2.33. The molecule has 0 aromatic heterocycles. The molecule has 1 saturated carbocycles. The average Bonchev–Trinajstić information content (AvgIpc) is 2.85. The quantitative estimate of drug-likeness (QED) is 0.810. The summed E-state index contributed by atoms with van der Waals surface area (Å²) in [7, 11) is 0. The van der Waals surface area contributed by atoms with Gasteiger partial charge in [0.15, 0.2) is 6.29 Å². The maximum absolute atomic E-state index is 11.6. The molecule has 2 unspecified atom stereocenters. The molecule has 1 aliphatic carbocycles. The summed E-state index contributed by atoms with van der Waals surface area (Å²) in [5.41, 5.74) is 1.02. The van der Waals surface area contributed by atoms with Gasteiger partial charge in [-0.3, -0.25) is 4.79 Å². The zero-order valence-electron chi connectivity index (χ0n) is 13.2. The van der Waals surface area contributed by atoms with E-state index in [9.17, 15) is 9.90 Å². The van der Waals surface area contributed by atoms with Gasteiger partial charge in [-0.1, -0.05) is 31.6 Å². The lowest BCUT2D eigenvalue weighted by molar-refractivity contribution is -0.197. The standard InChI is InChI=1S/C17H26O4/c1-12(9-16-20-10-17(2,3)11-21-16)7-8-15(19)13-5-4-6-14(13)18/h7-9,13,15-16,19H,4-6,10-11H2,1-3H3/b8-7+,12-9+. The summed E-state index contributed by atoms with van der Waals surface area (Å²) in [6.07, 6.45) is 6.71. The Morgan fingerprint density at radius 3 is 2.62 bits per heavy atom. The predicted molar refractivity (Wildman–Crippen MR) is 80.7 cm³/mol. The predicted octanol–water partition coefficient (Wildman–Crippen LogP) is 2.62. The van der Waals surface area contributed by atoms with Crippen LogP contribution in [0.25, 0.3) is 0 Å². The topological polar surface area (TPSA) is 55.8 Å². The van der Waals surface area contributed by atoms with Crippen LogP contribution in [0, 0.1) is 11.3 Å². The number of hydrogen-bond donors (Lipinski definition) is 1. The van der Waals surface area contributed by atoms with Crippen molar-refractivity contribution in [1.29, 1.82) is 0 Å². The van der Waals surface area contributed by atoms with Gasteiger partial charge in [-0.05, 0) is 25.8 Å². The SMILES string of the molecule is CC(/C=C/C(O)C1CCCC1=O)=C\C1OCC(C)(C)CO1. The number of ether oxygens (including phenoxy) is 2. The van der Waals surface area contributed by atoms with Crippen LogP contribution >= 0.6 is 0 Å². The number of Topliss-reactive ketones (excluding diaryl/α,β-unsaturated/α-hetero) is 1. The van der Waals surface area contributed by atoms with E-state index in [-0.39, 0.29) is 23.4 Å². The molecule has 0 aromatic rings. The van der Waals surface area contributed by atoms with Crippen LogP contribution in [0.3, 0.4) is 0 Å². The van der Waals surface area contributed by atoms with Gasteiger partial charge in [0, 0.05) is 17.8 Å². The number of aliphatic hydroxyl groups is 1. The smallest absolute Gasteiger partial charge is 0.177 e. The van der Waals surface area contributed by atoms with Gasteiger partial charge in [0.2, 0.25) is 0 Å². The first-order chi connectivity index (χ1) is 9.87. The lowest BCUT2D eigenvalue weighted by atomic mass is 9.95. The maximum Gasteiger partial charge on any atom is 0.177 e. The summed E-state index contributed by atoms with van der Waals surface area (Å²) in [5.74, 6) is -0.0491. The van der Waals surface area contributed by atoms with Crippen LogP contribution in [0.5, 0.6) is 0 Å². The molecule has 2 fully saturated rings. The fourth-order valence-corrected chi connectivity index (χ4v) is 2.66. The zero-order valence-corrected chi connectivity index (χ0v) is 13.2. The van der Waals surface area contributed by atoms with Gasteiger partial charge in [0.1, 0.15) is 5.78 Å². The number of aliphatic hydroxyl groups excluding tert-OH is 1. The molecule has 1 heterocycles. The third kappa shape index (κ3) is 4.77. The Morgan fingerprint density at radius 2 is 2.05 bits per heavy atom. The van der Waals surface area contributed by atoms with Crippen molar-refractivity contribution < 1.29 is 19.4 Å². The van der Waals surface area contributed by atoms with Crippen LogP contribution in [0.2, 0.25) is 0 Å². The minimum atomic E-state index is -0.685. The summed E-state index contributed by atoms with van der Waals surface area (Å²) in [6.45, 7) is 7.49. The highest BCUT2D eigenvalue weighted by molar-refractivity contribution is 5.83. The minimum absolute atomic E-state index is 0.0626. The summed E-state index contributed by atoms with van der Waals surface area (Å²) < 4.78 is 11.3. The van der Waals surface area contributed by atoms with Crippen molar-refractivity contribution >= 4 is 5.78 Å². The fourth-order valence-electron chi connectivity index (χ4n) is 2.66. The van der Waals surface area contributed by atoms with Crippen LogP contribution in [-0.2, 0) is 14.3 Å². The van der Waals surface area contributed by atoms with Crippen molar-refractivity contribution in [2.75, 3.05) is 13.2 Å². The Labute approximate surface area is 126 Å². The number of carbonyl (C=O) groups is 1. The summed E-state index contributed by atoms with van der Waals surface area (Å²) >= 11 is 0. The molecule has 4 heteroatoms. The van der Waals surface area contributed by atoms with Crippen LogP contribution in [0.1, 0.15) is 40.0 Å². The maximum atomic E-state index is 11.6. The highest BCUT2D eigenvalue weighted by Gasteiger charge is 2.29. The lowest BCUT2D eigenvalue weighted by Crippen LogP contribution is -2.36. The Morgan fingerprint density at radius 1 is 1.38 bits per heavy atom. The third-order valence-electron chi connectivity index (χ3n) is 4.00. The van der Waals surface area contributed by atoms with Gasteiger partial charge in [0.05, 0.1) is 19.3 Å². The van der Waals surface area contributed by atoms with E-state index >= 15 is 0 Å². The first-order valence-electron chi connectivity index (χ1n) is 7.68. The van der Waals surface area contributed by atoms with Crippen molar-refractivity contribution in [3.63, 3.8) is 0 Å². The molecule has 1 aliphatic heterocycles. The Balaban J connectivity index is 1.85. The second kappa shape index (κ2) is 6.86. The van der Waals surface area contributed by atoms with Crippen molar-refractivity contribution in [2.24, 2.45) is 11.3 Å². The van der Waals surface area contributed by atoms with Gasteiger partial charge in [0.25, 0.3) is 0 Å². The van der Waals surface area contributed by atoms with E-state index in [2.05, 4.69) is 13.8 Å². The number of allylic oxidation sites excluding steroid dienone is 2. The van der Waals surface area contributed by atoms with E-state index in [0.717, 1.165) is 18.4 Å². The van der Waals surface area contributed by atoms with E-state index in [1.807, 2.05) is 19.1 Å². The Hall–Kier alpha value is -0.970. The second-order valence-electron chi connectivity index (χ2n) is 6.88. The number of rotatable bonds is 4. The molecule has 1 saturated heterocycles. The summed E-state index contributed by atoms with van der Waals surface area (Å²) in [4.78, 5) is 11.6. The number of ketones is 1. The van der Waals surface area contributed by atoms with Crippen LogP contribution in [-0.4, -0.2) is 36.5 Å². The minimum Gasteiger partial charge on any atom is -0.388 e. The van der Waals surface area contributed by atoms with Crippen LogP contribution in [0.15, 0.2) is 23.8 Å². The zero-order chi connectivity index (χ0) is 15.5. The van der Waals surface area contributed by atoms with Crippen molar-refractivity contribution in [3.8, 4) is 0 Å². The van der Waals surface area contributed by atoms with Crippen molar-refractivity contribution in [2.45, 2.75) is 52.4 Å². The molecule has 0 radical (unpaired) electrons. The largest absolute Gasteiger partial charge is 0.388 e. The van der Waals surface area contributed by atoms with Gasteiger partial charge in [-0.2, -0.15) is 0 Å². The number of carbonyl (C=O) groups excluding carboxylic acids is 1. The molecule has 0 amide bonds. The molecule has 2 rings (SSSR count). The monoisotopic (exact) mass is 294 g/mol. The number of hydrogen-bond acceptors (Lipinski definition) is 4. The Kier molecular flexibility index (Phi) is 5.36. The summed E-state index contributed by atoms with van der Waals surface area (Å²) in [6, 6.07) is 0. The van der Waals surface area contributed by atoms with E-state index in [4.69, 9.17) is 9.47 Å². The normalized spacial score (nSPS) is 29.2. The van der Waals surface area contributed by atoms with E-state index in [0.29, 0.717) is 19.6 Å². The Bertz CT molecular complexity index is 426. The van der Waals surface area contributed by atoms with Crippen LogP contribution in [0.4, 0.5) is 0 Å². The van der Waals surface area contributed by atoms with Crippen LogP contribution < -0.4 is 0 Å². The molecule has 4 nitrogen and oxygen atoms in total. The van der Waals surface area contributed by atoms with Gasteiger partial charge in [-0.15, -0.1) is 0 Å². The van der Waals surface area contributed by atoms with E-state index in [1.165, 1.54) is 0 Å². The van der Waals surface area contributed by atoms with Crippen molar-refractivity contribution in [3.05, 3.63) is 23.8 Å². The highest BCUT2D eigenvalue weighted by atomic mass is 16.7. The molecule has 0 spiro atoms. The molecular weight excluding hydrogens is 268 g/mol. The van der Waals surface area contributed by atoms with E-state index in [1.54, 1.807) is 6.08 Å². The first-order valence-corrected chi connectivity index (χ1v) is 7.68. The van der Waals surface area contributed by atoms with Gasteiger partial charge < -0.3 is 14.6 Å². The molecule has 2 atom stereocenters. The molecular formula is C17H26O4. The van der Waals surface area contributed by atoms with Gasteiger partial charge >= 0.3 is 0 Å². The summed E-state index contributed by atoms with van der Waals surface area (Å²) in [5, 5.41) is 10.0. The van der Waals surface area contributed by atoms with E-state index < -0.39 is 6.10 Å². The second-order valence-corrected chi connectivity index (χ2v) is 6.88. The van der Waals surface area contributed by atoms with Crippen molar-refractivity contribution in [1.82, 2.24) is 0 Å². The van der Waals surface area contributed by atoms with Gasteiger partial charge in [-0.25, -0.2) is 0 Å². The first kappa shape index (κ1) is 16.4. The molecule has 118 valence electrons. The molecule has 2 aliphatic rings. The average molecular weight is 294 g/mol.